The van der Waals surface area contributed by atoms with Gasteiger partial charge in [0, 0.05) is 7.11 Å². The Morgan fingerprint density at radius 3 is 2.93 bits per heavy atom. The number of aromatic nitrogens is 3. The van der Waals surface area contributed by atoms with Gasteiger partial charge in [0.05, 0.1) is 24.9 Å². The first-order valence-electron chi connectivity index (χ1n) is 4.23. The molecule has 1 heterocycles. The SMILES string of the molecule is COCc1c(C=O)nnn1C(C)CO. The first-order chi connectivity index (χ1) is 6.74. The van der Waals surface area contributed by atoms with Gasteiger partial charge >= 0.3 is 0 Å². The zero-order chi connectivity index (χ0) is 10.6. The highest BCUT2D eigenvalue weighted by Gasteiger charge is 2.15. The molecule has 1 aromatic heterocycles. The van der Waals surface area contributed by atoms with Crippen LogP contribution in [0.3, 0.4) is 0 Å². The monoisotopic (exact) mass is 199 g/mol. The molecular weight excluding hydrogens is 186 g/mol. The summed E-state index contributed by atoms with van der Waals surface area (Å²) in [4.78, 5) is 10.6. The molecule has 1 atom stereocenters. The van der Waals surface area contributed by atoms with Crippen LogP contribution in [0.15, 0.2) is 0 Å². The van der Waals surface area contributed by atoms with E-state index in [0.29, 0.717) is 12.0 Å². The molecule has 0 bridgehead atoms. The zero-order valence-corrected chi connectivity index (χ0v) is 8.17. The molecule has 78 valence electrons. The van der Waals surface area contributed by atoms with Crippen LogP contribution in [0.4, 0.5) is 0 Å². The molecule has 0 aliphatic heterocycles. The van der Waals surface area contributed by atoms with E-state index in [4.69, 9.17) is 9.84 Å². The van der Waals surface area contributed by atoms with Gasteiger partial charge < -0.3 is 9.84 Å². The molecule has 0 aromatic carbocycles. The summed E-state index contributed by atoms with van der Waals surface area (Å²) >= 11 is 0. The normalized spacial score (nSPS) is 12.8. The van der Waals surface area contributed by atoms with Crippen molar-refractivity contribution in [1.82, 2.24) is 15.0 Å². The number of rotatable bonds is 5. The Bertz CT molecular complexity index is 311. The van der Waals surface area contributed by atoms with Gasteiger partial charge in [-0.3, -0.25) is 4.79 Å². The van der Waals surface area contributed by atoms with E-state index >= 15 is 0 Å². The Morgan fingerprint density at radius 1 is 1.71 bits per heavy atom. The van der Waals surface area contributed by atoms with Crippen molar-refractivity contribution in [2.45, 2.75) is 19.6 Å². The summed E-state index contributed by atoms with van der Waals surface area (Å²) in [7, 11) is 1.52. The summed E-state index contributed by atoms with van der Waals surface area (Å²) in [5.41, 5.74) is 0.844. The van der Waals surface area contributed by atoms with Crippen molar-refractivity contribution in [1.29, 1.82) is 0 Å². The average Bonchev–Trinajstić information content (AvgIpc) is 2.60. The summed E-state index contributed by atoms with van der Waals surface area (Å²) in [6.45, 7) is 1.98. The molecular formula is C8H13N3O3. The number of ether oxygens (including phenoxy) is 1. The lowest BCUT2D eigenvalue weighted by molar-refractivity contribution is 0.111. The molecule has 1 N–H and O–H groups in total. The van der Waals surface area contributed by atoms with E-state index in [-0.39, 0.29) is 24.9 Å². The van der Waals surface area contributed by atoms with Gasteiger partial charge in [-0.25, -0.2) is 4.68 Å². The molecule has 0 spiro atoms. The number of aliphatic hydroxyl groups excluding tert-OH is 1. The number of nitrogens with zero attached hydrogens (tertiary/aromatic N) is 3. The lowest BCUT2D eigenvalue weighted by Crippen LogP contribution is -2.15. The lowest BCUT2D eigenvalue weighted by Gasteiger charge is -2.11. The van der Waals surface area contributed by atoms with E-state index in [2.05, 4.69) is 10.3 Å². The van der Waals surface area contributed by atoms with Crippen molar-refractivity contribution in [3.63, 3.8) is 0 Å². The molecule has 0 amide bonds. The maximum absolute atomic E-state index is 10.6. The number of carbonyl (C=O) groups is 1. The van der Waals surface area contributed by atoms with Gasteiger partial charge in [-0.15, -0.1) is 5.10 Å². The first-order valence-corrected chi connectivity index (χ1v) is 4.23. The third kappa shape index (κ3) is 1.97. The summed E-state index contributed by atoms with van der Waals surface area (Å²) in [5.74, 6) is 0. The van der Waals surface area contributed by atoms with E-state index in [1.165, 1.54) is 11.8 Å². The Hall–Kier alpha value is -1.27. The Morgan fingerprint density at radius 2 is 2.43 bits per heavy atom. The van der Waals surface area contributed by atoms with Crippen LogP contribution in [0.25, 0.3) is 0 Å². The van der Waals surface area contributed by atoms with Crippen LogP contribution >= 0.6 is 0 Å². The van der Waals surface area contributed by atoms with Crippen molar-refractivity contribution in [3.8, 4) is 0 Å². The summed E-state index contributed by atoms with van der Waals surface area (Å²) in [6, 6.07) is -0.207. The predicted octanol–water partition coefficient (Wildman–Crippen LogP) is -0.210. The van der Waals surface area contributed by atoms with E-state index in [9.17, 15) is 4.79 Å². The number of methoxy groups -OCH3 is 1. The van der Waals surface area contributed by atoms with Crippen LogP contribution in [0.5, 0.6) is 0 Å². The first kappa shape index (κ1) is 10.8. The highest BCUT2D eigenvalue weighted by atomic mass is 16.5. The van der Waals surface area contributed by atoms with Crippen molar-refractivity contribution in [2.24, 2.45) is 0 Å². The van der Waals surface area contributed by atoms with E-state index < -0.39 is 0 Å². The minimum absolute atomic E-state index is 0.0572. The fraction of sp³-hybridized carbons (Fsp3) is 0.625. The molecule has 14 heavy (non-hydrogen) atoms. The maximum Gasteiger partial charge on any atom is 0.172 e. The van der Waals surface area contributed by atoms with Crippen LogP contribution in [0, 0.1) is 0 Å². The zero-order valence-electron chi connectivity index (χ0n) is 8.17. The smallest absolute Gasteiger partial charge is 0.172 e. The molecule has 0 radical (unpaired) electrons. The van der Waals surface area contributed by atoms with Crippen LogP contribution in [-0.2, 0) is 11.3 Å². The fourth-order valence-corrected chi connectivity index (χ4v) is 1.13. The second kappa shape index (κ2) is 4.83. The quantitative estimate of drug-likeness (QED) is 0.664. The molecule has 1 rings (SSSR count). The van der Waals surface area contributed by atoms with Crippen LogP contribution in [0.1, 0.15) is 29.1 Å². The third-order valence-electron chi connectivity index (χ3n) is 1.90. The van der Waals surface area contributed by atoms with Gasteiger partial charge in [0.2, 0.25) is 0 Å². The summed E-state index contributed by atoms with van der Waals surface area (Å²) in [5, 5.41) is 16.4. The van der Waals surface area contributed by atoms with Crippen molar-refractivity contribution >= 4 is 6.29 Å². The summed E-state index contributed by atoms with van der Waals surface area (Å²) in [6.07, 6.45) is 0.627. The molecule has 0 saturated carbocycles. The minimum Gasteiger partial charge on any atom is -0.394 e. The molecule has 0 aliphatic carbocycles. The predicted molar refractivity (Wildman–Crippen MR) is 47.9 cm³/mol. The number of carbonyl (C=O) groups excluding carboxylic acids is 1. The minimum atomic E-state index is -0.207. The highest BCUT2D eigenvalue weighted by molar-refractivity contribution is 5.73. The lowest BCUT2D eigenvalue weighted by atomic mass is 10.3. The molecule has 1 unspecified atom stereocenters. The molecule has 0 saturated heterocycles. The van der Waals surface area contributed by atoms with E-state index in [1.807, 2.05) is 0 Å². The molecule has 6 nitrogen and oxygen atoms in total. The third-order valence-corrected chi connectivity index (χ3v) is 1.90. The van der Waals surface area contributed by atoms with Crippen LogP contribution < -0.4 is 0 Å². The number of hydrogen-bond donors (Lipinski definition) is 1. The van der Waals surface area contributed by atoms with Gasteiger partial charge in [0.15, 0.2) is 12.0 Å². The second-order valence-corrected chi connectivity index (χ2v) is 2.95. The van der Waals surface area contributed by atoms with E-state index in [0.717, 1.165) is 0 Å². The maximum atomic E-state index is 10.6. The number of aliphatic hydroxyl groups is 1. The number of aldehydes is 1. The van der Waals surface area contributed by atoms with Gasteiger partial charge in [-0.05, 0) is 6.92 Å². The van der Waals surface area contributed by atoms with Gasteiger partial charge in [-0.1, -0.05) is 5.21 Å². The Kier molecular flexibility index (Phi) is 3.73. The number of hydrogen-bond acceptors (Lipinski definition) is 5. The van der Waals surface area contributed by atoms with Crippen molar-refractivity contribution < 1.29 is 14.6 Å². The molecule has 0 aliphatic rings. The van der Waals surface area contributed by atoms with Gasteiger partial charge in [0.25, 0.3) is 0 Å². The van der Waals surface area contributed by atoms with Crippen molar-refractivity contribution in [2.75, 3.05) is 13.7 Å². The van der Waals surface area contributed by atoms with E-state index in [1.54, 1.807) is 6.92 Å². The Balaban J connectivity index is 3.03. The fourth-order valence-electron chi connectivity index (χ4n) is 1.13. The largest absolute Gasteiger partial charge is 0.394 e. The van der Waals surface area contributed by atoms with Gasteiger partial charge in [-0.2, -0.15) is 0 Å². The standard InChI is InChI=1S/C8H13N3O3/c1-6(3-12)11-8(5-14-2)7(4-13)9-10-11/h4,6,12H,3,5H2,1-2H3. The van der Waals surface area contributed by atoms with Gasteiger partial charge in [0.1, 0.15) is 0 Å². The summed E-state index contributed by atoms with van der Waals surface area (Å²) < 4.78 is 6.42. The van der Waals surface area contributed by atoms with Crippen LogP contribution in [-0.4, -0.2) is 40.1 Å². The van der Waals surface area contributed by atoms with Crippen LogP contribution in [0.2, 0.25) is 0 Å². The average molecular weight is 199 g/mol. The Labute approximate surface area is 81.5 Å². The molecule has 6 heteroatoms. The topological polar surface area (TPSA) is 77.2 Å². The second-order valence-electron chi connectivity index (χ2n) is 2.95. The molecule has 1 aromatic rings. The highest BCUT2D eigenvalue weighted by Crippen LogP contribution is 2.11. The molecule has 0 fully saturated rings. The van der Waals surface area contributed by atoms with Crippen molar-refractivity contribution in [3.05, 3.63) is 11.4 Å².